The lowest BCUT2D eigenvalue weighted by Gasteiger charge is -2.30. The van der Waals surface area contributed by atoms with Gasteiger partial charge in [0.25, 0.3) is 23.4 Å². The molecule has 1 aliphatic carbocycles. The highest BCUT2D eigenvalue weighted by molar-refractivity contribution is 9.12. The zero-order valence-corrected chi connectivity index (χ0v) is 27.6. The van der Waals surface area contributed by atoms with Crippen molar-refractivity contribution in [3.63, 3.8) is 0 Å². The number of nitro groups is 1. The molecule has 11 nitrogen and oxygen atoms in total. The smallest absolute Gasteiger partial charge is 0.343 e. The number of esters is 1. The van der Waals surface area contributed by atoms with Crippen molar-refractivity contribution in [2.75, 3.05) is 6.54 Å². The van der Waals surface area contributed by atoms with Crippen LogP contribution in [0.15, 0.2) is 66.7 Å². The predicted molar refractivity (Wildman–Crippen MR) is 170 cm³/mol. The summed E-state index contributed by atoms with van der Waals surface area (Å²) in [5.74, 6) is -4.59. The number of halogens is 4. The van der Waals surface area contributed by atoms with Crippen molar-refractivity contribution in [1.82, 2.24) is 10.0 Å². The van der Waals surface area contributed by atoms with E-state index in [0.717, 1.165) is 10.0 Å². The monoisotopic (exact) mass is 779 g/mol. The van der Waals surface area contributed by atoms with E-state index in [0.29, 0.717) is 12.8 Å². The number of benzene rings is 3. The van der Waals surface area contributed by atoms with E-state index in [1.165, 1.54) is 66.7 Å². The molecule has 0 aromatic heterocycles. The van der Waals surface area contributed by atoms with Crippen LogP contribution < -0.4 is 4.74 Å². The molecule has 1 saturated heterocycles. The molecule has 5 rings (SSSR count). The third-order valence-electron chi connectivity index (χ3n) is 7.52. The number of ketones is 1. The summed E-state index contributed by atoms with van der Waals surface area (Å²) in [5.41, 5.74) is 0.0135. The minimum absolute atomic E-state index is 0.0120. The van der Waals surface area contributed by atoms with Gasteiger partial charge in [-0.25, -0.2) is 9.80 Å². The molecule has 15 heteroatoms. The Bertz CT molecular complexity index is 1690. The summed E-state index contributed by atoms with van der Waals surface area (Å²) in [6.07, 6.45) is 0.731. The van der Waals surface area contributed by atoms with E-state index in [-0.39, 0.29) is 47.8 Å². The molecule has 1 heterocycles. The zero-order valence-electron chi connectivity index (χ0n) is 22.9. The lowest BCUT2D eigenvalue weighted by molar-refractivity contribution is -0.384. The van der Waals surface area contributed by atoms with E-state index in [1.807, 2.05) is 0 Å². The van der Waals surface area contributed by atoms with Crippen LogP contribution in [0.5, 0.6) is 5.75 Å². The molecule has 1 saturated carbocycles. The van der Waals surface area contributed by atoms with Crippen LogP contribution in [0.3, 0.4) is 0 Å². The van der Waals surface area contributed by atoms with Gasteiger partial charge in [-0.15, -0.1) is 0 Å². The van der Waals surface area contributed by atoms with Gasteiger partial charge in [-0.2, -0.15) is 5.01 Å². The molecular weight excluding hydrogens is 761 g/mol. The maximum Gasteiger partial charge on any atom is 0.343 e. The first-order chi connectivity index (χ1) is 21.3. The summed E-state index contributed by atoms with van der Waals surface area (Å²) < 4.78 is 5.30. The first kappa shape index (κ1) is 32.7. The SMILES string of the molecule is O=C(CN(C(=O)c1ccc(Cl)c(Cl)c1)N1C(=O)[C@@H]2C[C@@H](Br)[C@@H](Br)C[C@H]2C1=O)c1ccc(OC(=O)c2ccc([N+](=O)[O-])cc2)cc1. The van der Waals surface area contributed by atoms with Crippen LogP contribution in [0, 0.1) is 22.0 Å². The van der Waals surface area contributed by atoms with Crippen LogP contribution in [0.2, 0.25) is 10.0 Å². The second-order valence-electron chi connectivity index (χ2n) is 10.3. The summed E-state index contributed by atoms with van der Waals surface area (Å²) in [5, 5.41) is 12.7. The van der Waals surface area contributed by atoms with Crippen LogP contribution in [0.4, 0.5) is 5.69 Å². The predicted octanol–water partition coefficient (Wildman–Crippen LogP) is 6.28. The van der Waals surface area contributed by atoms with Gasteiger partial charge in [-0.1, -0.05) is 55.1 Å². The maximum absolute atomic E-state index is 13.8. The number of alkyl halides is 2. The number of hydrogen-bond acceptors (Lipinski definition) is 8. The quantitative estimate of drug-likeness (QED) is 0.0494. The zero-order chi connectivity index (χ0) is 32.6. The number of fused-ring (bicyclic) bond motifs is 1. The molecule has 45 heavy (non-hydrogen) atoms. The Morgan fingerprint density at radius 3 is 1.91 bits per heavy atom. The van der Waals surface area contributed by atoms with Gasteiger partial charge in [-0.3, -0.25) is 29.3 Å². The first-order valence-corrected chi connectivity index (χ1v) is 16.0. The molecule has 0 radical (unpaired) electrons. The highest BCUT2D eigenvalue weighted by atomic mass is 79.9. The minimum atomic E-state index is -0.804. The number of nitrogens with zero attached hydrogens (tertiary/aromatic N) is 3. The van der Waals surface area contributed by atoms with Gasteiger partial charge in [0.05, 0.1) is 32.4 Å². The van der Waals surface area contributed by atoms with E-state index in [9.17, 15) is 34.1 Å². The maximum atomic E-state index is 13.8. The Hall–Kier alpha value is -3.65. The number of non-ortho nitro benzene ring substituents is 1. The molecule has 0 unspecified atom stereocenters. The second kappa shape index (κ2) is 13.4. The fourth-order valence-electron chi connectivity index (χ4n) is 5.15. The van der Waals surface area contributed by atoms with Crippen LogP contribution >= 0.6 is 55.1 Å². The Balaban J connectivity index is 1.37. The van der Waals surface area contributed by atoms with Gasteiger partial charge in [-0.05, 0) is 67.4 Å². The molecule has 0 N–H and O–H groups in total. The molecule has 2 fully saturated rings. The van der Waals surface area contributed by atoms with E-state index in [1.54, 1.807) is 0 Å². The number of nitro benzene ring substituents is 1. The van der Waals surface area contributed by atoms with Crippen molar-refractivity contribution in [3.05, 3.63) is 104 Å². The number of hydrazine groups is 1. The van der Waals surface area contributed by atoms with Gasteiger partial charge in [0.15, 0.2) is 5.78 Å². The third-order valence-corrected chi connectivity index (χ3v) is 11.0. The normalized spacial score (nSPS) is 20.8. The number of imide groups is 1. The van der Waals surface area contributed by atoms with Crippen molar-refractivity contribution in [2.45, 2.75) is 22.5 Å². The van der Waals surface area contributed by atoms with Gasteiger partial charge in [0.2, 0.25) is 0 Å². The highest BCUT2D eigenvalue weighted by Gasteiger charge is 2.54. The minimum Gasteiger partial charge on any atom is -0.423 e. The highest BCUT2D eigenvalue weighted by Crippen LogP contribution is 2.44. The molecule has 0 bridgehead atoms. The number of carbonyl (C=O) groups excluding carboxylic acids is 5. The average Bonchev–Trinajstić information content (AvgIpc) is 3.25. The van der Waals surface area contributed by atoms with E-state index < -0.39 is 52.8 Å². The number of Topliss-reactive ketones (excluding diaryl/α,β-unsaturated/α-hetero) is 1. The number of ether oxygens (including phenoxy) is 1. The fourth-order valence-corrected chi connectivity index (χ4v) is 6.68. The topological polar surface area (TPSA) is 144 Å². The van der Waals surface area contributed by atoms with Crippen LogP contribution in [0.1, 0.15) is 43.9 Å². The van der Waals surface area contributed by atoms with Crippen molar-refractivity contribution in [3.8, 4) is 5.75 Å². The van der Waals surface area contributed by atoms with Gasteiger partial charge < -0.3 is 4.74 Å². The summed E-state index contributed by atoms with van der Waals surface area (Å²) >= 11 is 19.2. The van der Waals surface area contributed by atoms with Crippen LogP contribution in [-0.4, -0.2) is 60.6 Å². The lowest BCUT2D eigenvalue weighted by atomic mass is 9.81. The van der Waals surface area contributed by atoms with E-state index >= 15 is 0 Å². The number of hydrogen-bond donors (Lipinski definition) is 0. The molecular formula is C30H21Br2Cl2N3O8. The summed E-state index contributed by atoms with van der Waals surface area (Å²) in [7, 11) is 0. The molecule has 3 aromatic carbocycles. The molecule has 3 amide bonds. The molecule has 2 aliphatic rings. The van der Waals surface area contributed by atoms with E-state index in [4.69, 9.17) is 27.9 Å². The molecule has 0 spiro atoms. The Morgan fingerprint density at radius 1 is 0.844 bits per heavy atom. The van der Waals surface area contributed by atoms with Crippen molar-refractivity contribution < 1.29 is 33.6 Å². The van der Waals surface area contributed by atoms with Gasteiger partial charge in [0.1, 0.15) is 12.3 Å². The molecule has 232 valence electrons. The first-order valence-electron chi connectivity index (χ1n) is 13.4. The molecule has 3 aromatic rings. The van der Waals surface area contributed by atoms with Crippen LogP contribution in [0.25, 0.3) is 0 Å². The molecule has 1 aliphatic heterocycles. The lowest BCUT2D eigenvalue weighted by Crippen LogP contribution is -2.52. The van der Waals surface area contributed by atoms with E-state index in [2.05, 4.69) is 31.9 Å². The largest absolute Gasteiger partial charge is 0.423 e. The second-order valence-corrected chi connectivity index (χ2v) is 13.5. The van der Waals surface area contributed by atoms with Crippen molar-refractivity contribution in [2.24, 2.45) is 11.8 Å². The standard InChI is InChI=1S/C30H21Br2Cl2N3O8/c31-22-12-20-21(13-23(22)32)29(41)36(28(20)40)35(27(39)17-5-10-24(33)25(34)11-17)14-26(38)15-3-8-19(9-4-15)45-30(42)16-1-6-18(7-2-16)37(43)44/h1-11,20-23H,12-14H2/t20-,21-,22-,23+/m1/s1. The summed E-state index contributed by atoms with van der Waals surface area (Å²) in [4.78, 5) is 77.0. The third kappa shape index (κ3) is 6.81. The number of rotatable bonds is 8. The Morgan fingerprint density at radius 2 is 1.38 bits per heavy atom. The van der Waals surface area contributed by atoms with Crippen LogP contribution in [-0.2, 0) is 9.59 Å². The summed E-state index contributed by atoms with van der Waals surface area (Å²) in [6.45, 7) is -0.659. The molecule has 4 atom stereocenters. The summed E-state index contributed by atoms with van der Waals surface area (Å²) in [6, 6.07) is 14.4. The van der Waals surface area contributed by atoms with Crippen molar-refractivity contribution >= 4 is 90.2 Å². The Labute approximate surface area is 282 Å². The number of carbonyl (C=O) groups is 5. The van der Waals surface area contributed by atoms with Gasteiger partial charge >= 0.3 is 5.97 Å². The number of amides is 3. The van der Waals surface area contributed by atoms with Gasteiger partial charge in [0, 0.05) is 32.9 Å². The Kier molecular flexibility index (Phi) is 9.73. The fraction of sp³-hybridized carbons (Fsp3) is 0.233. The average molecular weight is 782 g/mol. The van der Waals surface area contributed by atoms with Crippen molar-refractivity contribution in [1.29, 1.82) is 0 Å².